The van der Waals surface area contributed by atoms with Gasteiger partial charge in [-0.2, -0.15) is 13.2 Å². The van der Waals surface area contributed by atoms with E-state index in [1.165, 1.54) is 19.2 Å². The molecule has 2 aliphatic heterocycles. The molecule has 7 nitrogen and oxygen atoms in total. The number of halogens is 3. The van der Waals surface area contributed by atoms with E-state index in [9.17, 15) is 18.0 Å². The van der Waals surface area contributed by atoms with Crippen molar-refractivity contribution in [3.63, 3.8) is 0 Å². The third-order valence-corrected chi connectivity index (χ3v) is 5.61. The molecule has 1 atom stereocenters. The molecule has 3 heterocycles. The Morgan fingerprint density at radius 3 is 2.72 bits per heavy atom. The summed E-state index contributed by atoms with van der Waals surface area (Å²) in [5.74, 6) is 0.208. The molecule has 1 aromatic carbocycles. The van der Waals surface area contributed by atoms with Crippen LogP contribution in [0.1, 0.15) is 11.1 Å². The van der Waals surface area contributed by atoms with Crippen LogP contribution in [0.4, 0.5) is 18.9 Å². The summed E-state index contributed by atoms with van der Waals surface area (Å²) >= 11 is 0. The number of ether oxygens (including phenoxy) is 4. The Labute approximate surface area is 183 Å². The van der Waals surface area contributed by atoms with Gasteiger partial charge in [0.15, 0.2) is 18.1 Å². The fourth-order valence-corrected chi connectivity index (χ4v) is 4.07. The number of methoxy groups -OCH3 is 1. The van der Waals surface area contributed by atoms with Crippen LogP contribution < -0.4 is 20.3 Å². The van der Waals surface area contributed by atoms with E-state index in [1.807, 2.05) is 6.92 Å². The average Bonchev–Trinajstić information content (AvgIpc) is 2.78. The highest BCUT2D eigenvalue weighted by atomic mass is 19.4. The Bertz CT molecular complexity index is 1050. The van der Waals surface area contributed by atoms with Gasteiger partial charge in [0.2, 0.25) is 0 Å². The molecule has 1 N–H and O–H groups in total. The van der Waals surface area contributed by atoms with Crippen LogP contribution in [0, 0.1) is 6.92 Å². The lowest BCUT2D eigenvalue weighted by atomic mass is 9.93. The van der Waals surface area contributed by atoms with E-state index in [0.29, 0.717) is 56.3 Å². The van der Waals surface area contributed by atoms with Crippen LogP contribution in [0.3, 0.4) is 0 Å². The second-order valence-electron chi connectivity index (χ2n) is 7.78. The van der Waals surface area contributed by atoms with Gasteiger partial charge in [-0.05, 0) is 36.6 Å². The number of aryl methyl sites for hydroxylation is 1. The highest BCUT2D eigenvalue weighted by molar-refractivity contribution is 5.76. The molecule has 1 unspecified atom stereocenters. The normalized spacial score (nSPS) is 18.0. The van der Waals surface area contributed by atoms with Crippen LogP contribution in [0.5, 0.6) is 11.5 Å². The van der Waals surface area contributed by atoms with Gasteiger partial charge in [0.1, 0.15) is 0 Å². The number of alkyl halides is 3. The molecule has 2 aliphatic rings. The smallest absolute Gasteiger partial charge is 0.422 e. The summed E-state index contributed by atoms with van der Waals surface area (Å²) in [4.78, 5) is 12.8. The van der Waals surface area contributed by atoms with Crippen LogP contribution in [0.15, 0.2) is 23.0 Å². The Kier molecular flexibility index (Phi) is 6.34. The van der Waals surface area contributed by atoms with Gasteiger partial charge in [0.25, 0.3) is 5.56 Å². The van der Waals surface area contributed by atoms with Crippen molar-refractivity contribution in [2.24, 2.45) is 0 Å². The van der Waals surface area contributed by atoms with Crippen LogP contribution in [0.2, 0.25) is 0 Å². The van der Waals surface area contributed by atoms with Gasteiger partial charge in [-0.25, -0.2) is 0 Å². The van der Waals surface area contributed by atoms with Crippen LogP contribution in [-0.2, 0) is 22.4 Å². The highest BCUT2D eigenvalue weighted by Gasteiger charge is 2.30. The molecule has 32 heavy (non-hydrogen) atoms. The zero-order valence-corrected chi connectivity index (χ0v) is 17.9. The van der Waals surface area contributed by atoms with Crippen LogP contribution >= 0.6 is 0 Å². The molecule has 0 amide bonds. The zero-order chi connectivity index (χ0) is 22.9. The number of hydrogen-bond donors (Lipinski definition) is 1. The summed E-state index contributed by atoms with van der Waals surface area (Å²) in [5, 5.41) is 3.26. The Hall–Kier alpha value is -2.72. The monoisotopic (exact) mass is 454 g/mol. The number of benzene rings is 1. The lowest BCUT2D eigenvalue weighted by Gasteiger charge is -2.28. The topological polar surface area (TPSA) is 71.0 Å². The van der Waals surface area contributed by atoms with E-state index >= 15 is 0 Å². The lowest BCUT2D eigenvalue weighted by molar-refractivity contribution is -0.153. The summed E-state index contributed by atoms with van der Waals surface area (Å²) in [7, 11) is 1.38. The fraction of sp³-hybridized carbons (Fsp3) is 0.500. The first-order valence-corrected chi connectivity index (χ1v) is 10.4. The van der Waals surface area contributed by atoms with E-state index in [0.717, 1.165) is 11.1 Å². The molecule has 10 heteroatoms. The average molecular weight is 454 g/mol. The Balaban J connectivity index is 1.70. The summed E-state index contributed by atoms with van der Waals surface area (Å²) in [5.41, 5.74) is 3.47. The maximum Gasteiger partial charge on any atom is 0.422 e. The molecular formula is C22H25F3N2O5. The van der Waals surface area contributed by atoms with Gasteiger partial charge in [-0.15, -0.1) is 0 Å². The van der Waals surface area contributed by atoms with E-state index in [2.05, 4.69) is 5.32 Å². The van der Waals surface area contributed by atoms with Gasteiger partial charge in [-0.3, -0.25) is 4.79 Å². The first-order chi connectivity index (χ1) is 15.3. The summed E-state index contributed by atoms with van der Waals surface area (Å²) in [6.45, 7) is 2.94. The van der Waals surface area contributed by atoms with E-state index < -0.39 is 12.8 Å². The highest BCUT2D eigenvalue weighted by Crippen LogP contribution is 2.40. The van der Waals surface area contributed by atoms with Crippen molar-refractivity contribution in [1.29, 1.82) is 0 Å². The number of pyridine rings is 1. The van der Waals surface area contributed by atoms with Crippen molar-refractivity contribution in [2.75, 3.05) is 45.4 Å². The minimum absolute atomic E-state index is 0.0185. The number of aromatic nitrogens is 1. The van der Waals surface area contributed by atoms with Crippen LogP contribution in [-0.4, -0.2) is 56.9 Å². The Morgan fingerprint density at radius 1 is 1.22 bits per heavy atom. The second kappa shape index (κ2) is 9.03. The number of rotatable bonds is 6. The predicted molar refractivity (Wildman–Crippen MR) is 112 cm³/mol. The standard InChI is InChI=1S/C22H25F3N2O5/c1-13-17(26-10-15-11-30-5-6-31-15)9-20(28)27-4-3-14-7-18(29-2)19(8-16(14)21(13)27)32-12-22(23,24)25/h7-9,15,26H,3-6,10-12H2,1-2H3. The molecule has 0 saturated carbocycles. The fourth-order valence-electron chi connectivity index (χ4n) is 4.07. The van der Waals surface area contributed by atoms with Crippen molar-refractivity contribution in [3.8, 4) is 22.8 Å². The molecule has 0 bridgehead atoms. The molecule has 0 radical (unpaired) electrons. The molecule has 0 spiro atoms. The summed E-state index contributed by atoms with van der Waals surface area (Å²) in [6, 6.07) is 4.75. The minimum atomic E-state index is -4.48. The number of nitrogens with one attached hydrogen (secondary N) is 1. The molecule has 1 saturated heterocycles. The van der Waals surface area contributed by atoms with Crippen LogP contribution in [0.25, 0.3) is 11.3 Å². The molecule has 2 aromatic rings. The number of anilines is 1. The molecule has 4 rings (SSSR count). The second-order valence-corrected chi connectivity index (χ2v) is 7.78. The van der Waals surface area contributed by atoms with Crippen molar-refractivity contribution < 1.29 is 32.1 Å². The molecular weight excluding hydrogens is 429 g/mol. The first-order valence-electron chi connectivity index (χ1n) is 10.4. The maximum atomic E-state index is 12.8. The van der Waals surface area contributed by atoms with Gasteiger partial charge >= 0.3 is 6.18 Å². The molecule has 0 aliphatic carbocycles. The third kappa shape index (κ3) is 4.71. The number of fused-ring (bicyclic) bond motifs is 3. The zero-order valence-electron chi connectivity index (χ0n) is 17.9. The number of nitrogens with zero attached hydrogens (tertiary/aromatic N) is 1. The first kappa shape index (κ1) is 22.5. The van der Waals surface area contributed by atoms with E-state index in [4.69, 9.17) is 18.9 Å². The summed E-state index contributed by atoms with van der Waals surface area (Å²) in [6.07, 6.45) is -4.05. The van der Waals surface area contributed by atoms with Gasteiger partial charge in [0.05, 0.1) is 38.7 Å². The minimum Gasteiger partial charge on any atom is -0.493 e. The quantitative estimate of drug-likeness (QED) is 0.723. The largest absolute Gasteiger partial charge is 0.493 e. The van der Waals surface area contributed by atoms with E-state index in [-0.39, 0.29) is 23.2 Å². The summed E-state index contributed by atoms with van der Waals surface area (Å²) < 4.78 is 61.1. The molecule has 174 valence electrons. The Morgan fingerprint density at radius 2 is 2.03 bits per heavy atom. The van der Waals surface area contributed by atoms with Crippen molar-refractivity contribution in [2.45, 2.75) is 32.2 Å². The van der Waals surface area contributed by atoms with Gasteiger partial charge in [-0.1, -0.05) is 0 Å². The van der Waals surface area contributed by atoms with E-state index in [1.54, 1.807) is 10.6 Å². The van der Waals surface area contributed by atoms with Crippen molar-refractivity contribution in [3.05, 3.63) is 39.7 Å². The molecule has 1 aromatic heterocycles. The van der Waals surface area contributed by atoms with Gasteiger partial charge < -0.3 is 28.8 Å². The maximum absolute atomic E-state index is 12.8. The number of hydrogen-bond acceptors (Lipinski definition) is 6. The van der Waals surface area contributed by atoms with Crippen molar-refractivity contribution >= 4 is 5.69 Å². The van der Waals surface area contributed by atoms with Crippen molar-refractivity contribution in [1.82, 2.24) is 4.57 Å². The SMILES string of the molecule is COc1cc2c(cc1OCC(F)(F)F)-c1c(C)c(NCC3COCCO3)cc(=O)n1CC2. The molecule has 1 fully saturated rings. The lowest BCUT2D eigenvalue weighted by Crippen LogP contribution is -2.35. The predicted octanol–water partition coefficient (Wildman–Crippen LogP) is 3.16. The third-order valence-electron chi connectivity index (χ3n) is 5.61. The van der Waals surface area contributed by atoms with Gasteiger partial charge in [0, 0.05) is 30.4 Å².